The lowest BCUT2D eigenvalue weighted by Crippen LogP contribution is -2.44. The number of esters is 3. The molecule has 2 aliphatic heterocycles. The van der Waals surface area contributed by atoms with E-state index in [0.29, 0.717) is 5.75 Å². The minimum Gasteiger partial charge on any atom is -0.459 e. The van der Waals surface area contributed by atoms with Gasteiger partial charge in [-0.1, -0.05) is 0 Å². The Balaban J connectivity index is 2.17. The molecule has 2 bridgehead atoms. The van der Waals surface area contributed by atoms with Crippen molar-refractivity contribution >= 4 is 29.7 Å². The summed E-state index contributed by atoms with van der Waals surface area (Å²) in [4.78, 5) is 33.5. The molecule has 0 radical (unpaired) electrons. The molecule has 2 aliphatic rings. The van der Waals surface area contributed by atoms with E-state index in [4.69, 9.17) is 18.9 Å². The fourth-order valence-corrected chi connectivity index (χ4v) is 3.57. The highest BCUT2D eigenvalue weighted by atomic mass is 32.2. The van der Waals surface area contributed by atoms with Crippen LogP contribution in [0.2, 0.25) is 0 Å². The average molecular weight is 304 g/mol. The number of thioether (sulfide) groups is 1. The zero-order valence-corrected chi connectivity index (χ0v) is 12.2. The molecule has 0 aliphatic carbocycles. The van der Waals surface area contributed by atoms with Crippen LogP contribution in [0, 0.1) is 0 Å². The van der Waals surface area contributed by atoms with E-state index < -0.39 is 47.8 Å². The van der Waals surface area contributed by atoms with E-state index in [2.05, 4.69) is 0 Å². The highest BCUT2D eigenvalue weighted by molar-refractivity contribution is 7.99. The van der Waals surface area contributed by atoms with Crippen LogP contribution in [0.15, 0.2) is 0 Å². The van der Waals surface area contributed by atoms with E-state index in [1.165, 1.54) is 32.5 Å². The molecule has 2 heterocycles. The largest absolute Gasteiger partial charge is 0.459 e. The van der Waals surface area contributed by atoms with Crippen molar-refractivity contribution in [1.29, 1.82) is 0 Å². The van der Waals surface area contributed by atoms with Gasteiger partial charge < -0.3 is 18.9 Å². The summed E-state index contributed by atoms with van der Waals surface area (Å²) in [6.07, 6.45) is -2.59. The Morgan fingerprint density at radius 3 is 2.05 bits per heavy atom. The number of ether oxygens (including phenoxy) is 4. The number of hydrogen-bond acceptors (Lipinski definition) is 8. The van der Waals surface area contributed by atoms with E-state index in [0.717, 1.165) is 0 Å². The molecular formula is C12H16O7S. The summed E-state index contributed by atoms with van der Waals surface area (Å²) in [5.74, 6) is -0.914. The third kappa shape index (κ3) is 3.24. The molecule has 0 aromatic rings. The monoisotopic (exact) mass is 304 g/mol. The highest BCUT2D eigenvalue weighted by Crippen LogP contribution is 2.41. The Hall–Kier alpha value is -1.28. The van der Waals surface area contributed by atoms with Crippen LogP contribution in [0.25, 0.3) is 0 Å². The number of rotatable bonds is 3. The molecule has 8 heteroatoms. The average Bonchev–Trinajstić information content (AvgIpc) is 2.57. The molecular weight excluding hydrogens is 288 g/mol. The summed E-state index contributed by atoms with van der Waals surface area (Å²) in [5, 5.41) is 0. The third-order valence-corrected chi connectivity index (χ3v) is 4.15. The molecule has 20 heavy (non-hydrogen) atoms. The van der Waals surface area contributed by atoms with Crippen LogP contribution in [0.4, 0.5) is 0 Å². The van der Waals surface area contributed by atoms with Gasteiger partial charge in [-0.25, -0.2) is 0 Å². The maximum Gasteiger partial charge on any atom is 0.303 e. The second-order valence-corrected chi connectivity index (χ2v) is 5.73. The minimum absolute atomic E-state index is 0.417. The Bertz CT molecular complexity index is 424. The van der Waals surface area contributed by atoms with E-state index >= 15 is 0 Å². The van der Waals surface area contributed by atoms with E-state index in [9.17, 15) is 14.4 Å². The zero-order chi connectivity index (χ0) is 14.9. The molecule has 0 aromatic carbocycles. The summed E-state index contributed by atoms with van der Waals surface area (Å²) in [6.45, 7) is 3.85. The van der Waals surface area contributed by atoms with Gasteiger partial charge >= 0.3 is 17.9 Å². The molecule has 7 nitrogen and oxygen atoms in total. The standard InChI is InChI=1S/C12H16O7S/c1-5(13)16-8-4-20-12-11(18-7(3)15)10(9(8)19-12)17-6(2)14/h8-12H,4H2,1-3H3/t8-,9+,10+,11-,12-/m1/s1. The van der Waals surface area contributed by atoms with Crippen molar-refractivity contribution in [2.45, 2.75) is 50.6 Å². The number of carbonyl (C=O) groups is 3. The van der Waals surface area contributed by atoms with Crippen LogP contribution >= 0.6 is 11.8 Å². The summed E-state index contributed by atoms with van der Waals surface area (Å²) in [6, 6.07) is 0. The molecule has 0 N–H and O–H groups in total. The van der Waals surface area contributed by atoms with Crippen molar-refractivity contribution < 1.29 is 33.3 Å². The second kappa shape index (κ2) is 6.01. The maximum absolute atomic E-state index is 11.2. The van der Waals surface area contributed by atoms with Crippen LogP contribution in [0.5, 0.6) is 0 Å². The Morgan fingerprint density at radius 2 is 1.50 bits per heavy atom. The predicted octanol–water partition coefficient (Wildman–Crippen LogP) is 0.253. The fraction of sp³-hybridized carbons (Fsp3) is 0.750. The Kier molecular flexibility index (Phi) is 4.54. The van der Waals surface area contributed by atoms with Crippen LogP contribution in [0.3, 0.4) is 0 Å². The van der Waals surface area contributed by atoms with Gasteiger partial charge in [0.2, 0.25) is 0 Å². The first kappa shape index (κ1) is 15.1. The molecule has 0 spiro atoms. The Morgan fingerprint density at radius 1 is 0.950 bits per heavy atom. The van der Waals surface area contributed by atoms with Gasteiger partial charge in [0.15, 0.2) is 12.2 Å². The quantitative estimate of drug-likeness (QED) is 0.542. The lowest BCUT2D eigenvalue weighted by atomic mass is 10.1. The van der Waals surface area contributed by atoms with Crippen molar-refractivity contribution in [2.24, 2.45) is 0 Å². The zero-order valence-electron chi connectivity index (χ0n) is 11.4. The predicted molar refractivity (Wildman–Crippen MR) is 67.8 cm³/mol. The molecule has 2 rings (SSSR count). The van der Waals surface area contributed by atoms with Crippen LogP contribution < -0.4 is 0 Å². The third-order valence-electron chi connectivity index (χ3n) is 2.92. The van der Waals surface area contributed by atoms with Gasteiger partial charge in [0.25, 0.3) is 0 Å². The van der Waals surface area contributed by atoms with Gasteiger partial charge in [0.1, 0.15) is 17.6 Å². The van der Waals surface area contributed by atoms with E-state index in [-0.39, 0.29) is 0 Å². The molecule has 0 unspecified atom stereocenters. The molecule has 0 amide bonds. The van der Waals surface area contributed by atoms with Crippen LogP contribution in [0.1, 0.15) is 20.8 Å². The van der Waals surface area contributed by atoms with Gasteiger partial charge in [-0.3, -0.25) is 14.4 Å². The van der Waals surface area contributed by atoms with E-state index in [1.54, 1.807) is 0 Å². The molecule has 5 atom stereocenters. The first-order valence-electron chi connectivity index (χ1n) is 6.17. The smallest absolute Gasteiger partial charge is 0.303 e. The molecule has 0 saturated carbocycles. The SMILES string of the molecule is CC(=O)O[C@@H]1[C@@H](OC(C)=O)[C@@H]2O[C@H]1[C@H](OC(C)=O)CS2. The topological polar surface area (TPSA) is 88.1 Å². The molecule has 2 fully saturated rings. The van der Waals surface area contributed by atoms with Gasteiger partial charge in [-0.2, -0.15) is 0 Å². The van der Waals surface area contributed by atoms with Gasteiger partial charge in [0.05, 0.1) is 0 Å². The maximum atomic E-state index is 11.2. The lowest BCUT2D eigenvalue weighted by Gasteiger charge is -2.29. The normalized spacial score (nSPS) is 35.2. The van der Waals surface area contributed by atoms with Crippen molar-refractivity contribution in [3.8, 4) is 0 Å². The van der Waals surface area contributed by atoms with Gasteiger partial charge in [-0.05, 0) is 0 Å². The summed E-state index contributed by atoms with van der Waals surface area (Å²) >= 11 is 1.37. The number of fused-ring (bicyclic) bond motifs is 2. The van der Waals surface area contributed by atoms with Crippen LogP contribution in [-0.4, -0.2) is 53.5 Å². The van der Waals surface area contributed by atoms with Crippen molar-refractivity contribution in [3.63, 3.8) is 0 Å². The number of carbonyl (C=O) groups excluding carboxylic acids is 3. The van der Waals surface area contributed by atoms with Gasteiger partial charge in [0, 0.05) is 26.5 Å². The first-order chi connectivity index (χ1) is 9.38. The molecule has 0 aromatic heterocycles. The summed E-state index contributed by atoms with van der Waals surface area (Å²) < 4.78 is 21.2. The molecule has 112 valence electrons. The Labute approximate surface area is 120 Å². The van der Waals surface area contributed by atoms with Crippen LogP contribution in [-0.2, 0) is 33.3 Å². The summed E-state index contributed by atoms with van der Waals surface area (Å²) in [7, 11) is 0. The second-order valence-electron chi connectivity index (χ2n) is 4.60. The minimum atomic E-state index is -0.763. The van der Waals surface area contributed by atoms with E-state index in [1.807, 2.05) is 0 Å². The van der Waals surface area contributed by atoms with Crippen molar-refractivity contribution in [2.75, 3.05) is 5.75 Å². The van der Waals surface area contributed by atoms with Crippen molar-refractivity contribution in [3.05, 3.63) is 0 Å². The first-order valence-corrected chi connectivity index (χ1v) is 7.22. The molecule has 2 saturated heterocycles. The fourth-order valence-electron chi connectivity index (χ4n) is 2.32. The number of hydrogen-bond donors (Lipinski definition) is 0. The summed E-state index contributed by atoms with van der Waals surface area (Å²) in [5.41, 5.74) is -0.417. The van der Waals surface area contributed by atoms with Gasteiger partial charge in [-0.15, -0.1) is 11.8 Å². The van der Waals surface area contributed by atoms with Crippen molar-refractivity contribution in [1.82, 2.24) is 0 Å². The highest BCUT2D eigenvalue weighted by Gasteiger charge is 2.56. The lowest BCUT2D eigenvalue weighted by molar-refractivity contribution is -0.168.